The van der Waals surface area contributed by atoms with Crippen LogP contribution in [0.3, 0.4) is 0 Å². The van der Waals surface area contributed by atoms with E-state index in [4.69, 9.17) is 12.2 Å². The number of likely N-dealkylation sites (tertiary alicyclic amines) is 1. The van der Waals surface area contributed by atoms with Crippen LogP contribution in [0.2, 0.25) is 0 Å². The largest absolute Gasteiger partial charge is 0.366 e. The highest BCUT2D eigenvalue weighted by atomic mass is 32.1. The Labute approximate surface area is 138 Å². The van der Waals surface area contributed by atoms with E-state index in [0.717, 1.165) is 0 Å². The lowest BCUT2D eigenvalue weighted by Crippen LogP contribution is -2.33. The lowest BCUT2D eigenvalue weighted by Gasteiger charge is -2.25. The smallest absolute Gasteiger partial charge is 0.0807 e. The Bertz CT molecular complexity index is 264. The molecule has 0 aromatic heterocycles. The average molecular weight is 312 g/mol. The van der Waals surface area contributed by atoms with Gasteiger partial charge in [0.05, 0.1) is 4.99 Å². The molecule has 0 amide bonds. The molecule has 0 N–H and O–H groups in total. The van der Waals surface area contributed by atoms with Gasteiger partial charge in [-0.1, -0.05) is 90.3 Å². The minimum absolute atomic E-state index is 0.630. The molecule has 0 radical (unpaired) electrons. The van der Waals surface area contributed by atoms with Crippen molar-refractivity contribution >= 4 is 17.2 Å². The van der Waals surface area contributed by atoms with Gasteiger partial charge in [-0.15, -0.1) is 0 Å². The third kappa shape index (κ3) is 8.80. The van der Waals surface area contributed by atoms with Gasteiger partial charge in [-0.3, -0.25) is 0 Å². The standard InChI is InChI=1S/C19H37NS/c1-3-4-5-6-7-8-9-10-11-13-16-20-17-14-12-15-18(2)19(20)21/h18H,3-17H2,1-2H3. The Kier molecular flexibility index (Phi) is 11.2. The molecule has 0 aliphatic carbocycles. The van der Waals surface area contributed by atoms with Gasteiger partial charge in [0.25, 0.3) is 0 Å². The van der Waals surface area contributed by atoms with E-state index in [-0.39, 0.29) is 0 Å². The number of unbranched alkanes of at least 4 members (excludes halogenated alkanes) is 9. The van der Waals surface area contributed by atoms with Crippen molar-refractivity contribution in [2.24, 2.45) is 5.92 Å². The third-order valence-electron chi connectivity index (χ3n) is 4.83. The SMILES string of the molecule is CCCCCCCCCCCCN1CCCCC(C)C1=S. The molecule has 1 saturated heterocycles. The molecule has 1 aliphatic heterocycles. The van der Waals surface area contributed by atoms with Gasteiger partial charge in [0.1, 0.15) is 0 Å². The van der Waals surface area contributed by atoms with Crippen molar-refractivity contribution in [2.75, 3.05) is 13.1 Å². The van der Waals surface area contributed by atoms with Gasteiger partial charge in [-0.05, 0) is 19.3 Å². The summed E-state index contributed by atoms with van der Waals surface area (Å²) in [5.74, 6) is 0.630. The maximum absolute atomic E-state index is 5.63. The van der Waals surface area contributed by atoms with Gasteiger partial charge in [0.15, 0.2) is 0 Å². The summed E-state index contributed by atoms with van der Waals surface area (Å²) in [7, 11) is 0. The first kappa shape index (κ1) is 18.9. The Morgan fingerprint density at radius 2 is 1.48 bits per heavy atom. The van der Waals surface area contributed by atoms with Gasteiger partial charge in [-0.2, -0.15) is 0 Å². The van der Waals surface area contributed by atoms with Gasteiger partial charge < -0.3 is 4.90 Å². The molecule has 1 rings (SSSR count). The summed E-state index contributed by atoms with van der Waals surface area (Å²) < 4.78 is 0. The zero-order chi connectivity index (χ0) is 15.3. The number of hydrogen-bond acceptors (Lipinski definition) is 1. The van der Waals surface area contributed by atoms with Crippen LogP contribution < -0.4 is 0 Å². The highest BCUT2D eigenvalue weighted by Gasteiger charge is 2.18. The average Bonchev–Trinajstić information content (AvgIpc) is 2.64. The summed E-state index contributed by atoms with van der Waals surface area (Å²) >= 11 is 5.63. The number of rotatable bonds is 11. The first-order valence-electron chi connectivity index (χ1n) is 9.54. The van der Waals surface area contributed by atoms with Crippen LogP contribution in [0.15, 0.2) is 0 Å². The Morgan fingerprint density at radius 1 is 0.905 bits per heavy atom. The van der Waals surface area contributed by atoms with Crippen molar-refractivity contribution in [1.29, 1.82) is 0 Å². The molecular formula is C19H37NS. The molecular weight excluding hydrogens is 274 g/mol. The lowest BCUT2D eigenvalue weighted by atomic mass is 10.1. The highest BCUT2D eigenvalue weighted by Crippen LogP contribution is 2.19. The lowest BCUT2D eigenvalue weighted by molar-refractivity contribution is 0.398. The van der Waals surface area contributed by atoms with Crippen molar-refractivity contribution in [1.82, 2.24) is 4.90 Å². The van der Waals surface area contributed by atoms with Gasteiger partial charge in [-0.25, -0.2) is 0 Å². The third-order valence-corrected chi connectivity index (χ3v) is 5.49. The zero-order valence-electron chi connectivity index (χ0n) is 14.5. The minimum Gasteiger partial charge on any atom is -0.366 e. The van der Waals surface area contributed by atoms with Crippen LogP contribution >= 0.6 is 12.2 Å². The molecule has 0 saturated carbocycles. The first-order valence-corrected chi connectivity index (χ1v) is 9.95. The molecule has 124 valence electrons. The van der Waals surface area contributed by atoms with Crippen LogP contribution in [0, 0.1) is 5.92 Å². The Hall–Kier alpha value is -0.110. The molecule has 1 unspecified atom stereocenters. The maximum atomic E-state index is 5.63. The molecule has 0 aromatic carbocycles. The fourth-order valence-corrected chi connectivity index (χ4v) is 3.61. The highest BCUT2D eigenvalue weighted by molar-refractivity contribution is 7.80. The fourth-order valence-electron chi connectivity index (χ4n) is 3.31. The maximum Gasteiger partial charge on any atom is 0.0807 e. The van der Waals surface area contributed by atoms with Crippen LogP contribution in [-0.2, 0) is 0 Å². The van der Waals surface area contributed by atoms with Crippen molar-refractivity contribution in [2.45, 2.75) is 97.3 Å². The molecule has 2 heteroatoms. The van der Waals surface area contributed by atoms with E-state index in [9.17, 15) is 0 Å². The number of hydrogen-bond donors (Lipinski definition) is 0. The summed E-state index contributed by atoms with van der Waals surface area (Å²) in [4.78, 5) is 3.74. The van der Waals surface area contributed by atoms with E-state index in [2.05, 4.69) is 18.7 Å². The second-order valence-electron chi connectivity index (χ2n) is 6.90. The topological polar surface area (TPSA) is 3.24 Å². The summed E-state index contributed by atoms with van der Waals surface area (Å²) in [5.41, 5.74) is 0. The predicted octanol–water partition coefficient (Wildman–Crippen LogP) is 6.36. The van der Waals surface area contributed by atoms with Crippen LogP contribution in [-0.4, -0.2) is 23.0 Å². The van der Waals surface area contributed by atoms with Crippen LogP contribution in [0.4, 0.5) is 0 Å². The van der Waals surface area contributed by atoms with Crippen LogP contribution in [0.5, 0.6) is 0 Å². The summed E-state index contributed by atoms with van der Waals surface area (Å²) in [6.45, 7) is 7.01. The van der Waals surface area contributed by atoms with Gasteiger partial charge >= 0.3 is 0 Å². The molecule has 0 aromatic rings. The van der Waals surface area contributed by atoms with Crippen LogP contribution in [0.1, 0.15) is 97.3 Å². The van der Waals surface area contributed by atoms with Crippen molar-refractivity contribution in [3.8, 4) is 0 Å². The second kappa shape index (κ2) is 12.4. The van der Waals surface area contributed by atoms with Crippen molar-refractivity contribution in [3.63, 3.8) is 0 Å². The van der Waals surface area contributed by atoms with E-state index in [1.807, 2.05) is 0 Å². The molecule has 1 fully saturated rings. The molecule has 0 spiro atoms. The van der Waals surface area contributed by atoms with E-state index in [1.165, 1.54) is 102 Å². The van der Waals surface area contributed by atoms with Crippen molar-refractivity contribution < 1.29 is 0 Å². The number of nitrogens with zero attached hydrogens (tertiary/aromatic N) is 1. The monoisotopic (exact) mass is 311 g/mol. The van der Waals surface area contributed by atoms with E-state index in [1.54, 1.807) is 0 Å². The fraction of sp³-hybridized carbons (Fsp3) is 0.947. The van der Waals surface area contributed by atoms with E-state index < -0.39 is 0 Å². The Balaban J connectivity index is 1.95. The van der Waals surface area contributed by atoms with Crippen molar-refractivity contribution in [3.05, 3.63) is 0 Å². The number of thiocarbonyl (C=S) groups is 1. The minimum atomic E-state index is 0.630. The molecule has 1 atom stereocenters. The normalized spacial score (nSPS) is 19.8. The summed E-state index contributed by atoms with van der Waals surface area (Å²) in [5, 5.41) is 0. The van der Waals surface area contributed by atoms with Gasteiger partial charge in [0, 0.05) is 19.0 Å². The summed E-state index contributed by atoms with van der Waals surface area (Å²) in [6.07, 6.45) is 18.2. The Morgan fingerprint density at radius 3 is 2.10 bits per heavy atom. The molecule has 1 heterocycles. The molecule has 21 heavy (non-hydrogen) atoms. The predicted molar refractivity (Wildman–Crippen MR) is 99.0 cm³/mol. The quantitative estimate of drug-likeness (QED) is 0.323. The molecule has 1 aliphatic rings. The van der Waals surface area contributed by atoms with E-state index >= 15 is 0 Å². The van der Waals surface area contributed by atoms with Gasteiger partial charge in [0.2, 0.25) is 0 Å². The second-order valence-corrected chi connectivity index (χ2v) is 7.32. The molecule has 0 bridgehead atoms. The molecule has 1 nitrogen and oxygen atoms in total. The zero-order valence-corrected chi connectivity index (χ0v) is 15.4. The van der Waals surface area contributed by atoms with E-state index in [0.29, 0.717) is 5.92 Å². The van der Waals surface area contributed by atoms with Crippen LogP contribution in [0.25, 0.3) is 0 Å². The first-order chi connectivity index (χ1) is 10.3. The summed E-state index contributed by atoms with van der Waals surface area (Å²) in [6, 6.07) is 0.